The lowest BCUT2D eigenvalue weighted by Gasteiger charge is -2.23. The first-order valence-corrected chi connectivity index (χ1v) is 7.81. The maximum absolute atomic E-state index is 12.1. The summed E-state index contributed by atoms with van der Waals surface area (Å²) in [5.74, 6) is 0.224. The van der Waals surface area contributed by atoms with Crippen LogP contribution < -0.4 is 5.32 Å². The molecule has 1 aliphatic rings. The fourth-order valence-corrected chi connectivity index (χ4v) is 3.90. The Morgan fingerprint density at radius 1 is 1.44 bits per heavy atom. The zero-order valence-corrected chi connectivity index (χ0v) is 11.4. The maximum Gasteiger partial charge on any atom is 0.215 e. The van der Waals surface area contributed by atoms with E-state index < -0.39 is 10.0 Å². The van der Waals surface area contributed by atoms with Gasteiger partial charge in [0.25, 0.3) is 0 Å². The van der Waals surface area contributed by atoms with Gasteiger partial charge in [-0.2, -0.15) is 4.31 Å². The van der Waals surface area contributed by atoms with Crippen LogP contribution in [0.5, 0.6) is 0 Å². The van der Waals surface area contributed by atoms with E-state index in [1.807, 2.05) is 13.8 Å². The highest BCUT2D eigenvalue weighted by Gasteiger charge is 2.32. The summed E-state index contributed by atoms with van der Waals surface area (Å²) in [4.78, 5) is 0. The molecule has 0 saturated carbocycles. The molecule has 4 nitrogen and oxygen atoms in total. The average molecular weight is 248 g/mol. The topological polar surface area (TPSA) is 49.4 Å². The quantitative estimate of drug-likeness (QED) is 0.768. The van der Waals surface area contributed by atoms with Gasteiger partial charge in [0, 0.05) is 25.2 Å². The van der Waals surface area contributed by atoms with Gasteiger partial charge in [0.2, 0.25) is 10.0 Å². The number of nitrogens with one attached hydrogen (secondary N) is 1. The third-order valence-corrected chi connectivity index (χ3v) is 4.98. The van der Waals surface area contributed by atoms with Gasteiger partial charge in [-0.25, -0.2) is 8.42 Å². The molecule has 0 aromatic carbocycles. The molecule has 1 aliphatic heterocycles. The molecule has 0 aromatic heterocycles. The zero-order valence-electron chi connectivity index (χ0n) is 10.6. The Morgan fingerprint density at radius 2 is 2.12 bits per heavy atom. The van der Waals surface area contributed by atoms with Gasteiger partial charge in [0.1, 0.15) is 0 Å². The maximum atomic E-state index is 12.1. The molecule has 1 unspecified atom stereocenters. The number of sulfonamides is 1. The number of hydrogen-bond donors (Lipinski definition) is 1. The lowest BCUT2D eigenvalue weighted by atomic mass is 10.2. The van der Waals surface area contributed by atoms with Gasteiger partial charge in [-0.15, -0.1) is 0 Å². The van der Waals surface area contributed by atoms with E-state index in [9.17, 15) is 8.42 Å². The number of rotatable bonds is 6. The van der Waals surface area contributed by atoms with E-state index >= 15 is 0 Å². The third kappa shape index (κ3) is 3.71. The first-order valence-electron chi connectivity index (χ1n) is 6.20. The highest BCUT2D eigenvalue weighted by molar-refractivity contribution is 7.89. The van der Waals surface area contributed by atoms with Gasteiger partial charge in [0.15, 0.2) is 0 Å². The van der Waals surface area contributed by atoms with E-state index in [-0.39, 0.29) is 11.8 Å². The minimum Gasteiger partial charge on any atom is -0.313 e. The molecule has 1 N–H and O–H groups in total. The predicted octanol–water partition coefficient (Wildman–Crippen LogP) is 1.19. The largest absolute Gasteiger partial charge is 0.313 e. The summed E-state index contributed by atoms with van der Waals surface area (Å²) in [5, 5.41) is 3.15. The highest BCUT2D eigenvalue weighted by atomic mass is 32.2. The van der Waals surface area contributed by atoms with Crippen LogP contribution in [0.1, 0.15) is 40.0 Å². The monoisotopic (exact) mass is 248 g/mol. The van der Waals surface area contributed by atoms with Gasteiger partial charge in [-0.1, -0.05) is 20.8 Å². The first-order chi connectivity index (χ1) is 7.47. The second kappa shape index (κ2) is 5.98. The molecule has 0 spiro atoms. The summed E-state index contributed by atoms with van der Waals surface area (Å²) in [6.07, 6.45) is 2.96. The minimum absolute atomic E-state index is 0.224. The van der Waals surface area contributed by atoms with Crippen molar-refractivity contribution >= 4 is 10.0 Å². The fourth-order valence-electron chi connectivity index (χ4n) is 2.18. The zero-order chi connectivity index (χ0) is 12.2. The summed E-state index contributed by atoms with van der Waals surface area (Å²) in [6.45, 7) is 7.37. The molecule has 0 aromatic rings. The van der Waals surface area contributed by atoms with Crippen LogP contribution in [0, 0.1) is 0 Å². The van der Waals surface area contributed by atoms with E-state index in [0.717, 1.165) is 19.3 Å². The van der Waals surface area contributed by atoms with Crippen molar-refractivity contribution in [2.75, 3.05) is 18.8 Å². The lowest BCUT2D eigenvalue weighted by molar-refractivity contribution is 0.379. The van der Waals surface area contributed by atoms with Crippen molar-refractivity contribution in [3.05, 3.63) is 0 Å². The van der Waals surface area contributed by atoms with Crippen LogP contribution in [0.4, 0.5) is 0 Å². The second-order valence-electron chi connectivity index (χ2n) is 4.74. The van der Waals surface area contributed by atoms with Gasteiger partial charge in [-0.3, -0.25) is 0 Å². The Morgan fingerprint density at radius 3 is 2.69 bits per heavy atom. The van der Waals surface area contributed by atoms with Crippen molar-refractivity contribution in [1.29, 1.82) is 0 Å². The summed E-state index contributed by atoms with van der Waals surface area (Å²) in [6, 6.07) is 0.583. The molecule has 1 rings (SSSR count). The van der Waals surface area contributed by atoms with E-state index in [2.05, 4.69) is 12.2 Å². The molecule has 16 heavy (non-hydrogen) atoms. The molecular formula is C11H24N2O2S. The van der Waals surface area contributed by atoms with Crippen molar-refractivity contribution in [2.45, 2.75) is 52.1 Å². The van der Waals surface area contributed by atoms with E-state index in [1.54, 1.807) is 4.31 Å². The Bertz CT molecular complexity index is 301. The lowest BCUT2D eigenvalue weighted by Crippen LogP contribution is -2.40. The van der Waals surface area contributed by atoms with E-state index in [4.69, 9.17) is 0 Å². The Hall–Kier alpha value is -0.130. The van der Waals surface area contributed by atoms with Crippen molar-refractivity contribution in [3.8, 4) is 0 Å². The van der Waals surface area contributed by atoms with Crippen LogP contribution in [0.25, 0.3) is 0 Å². The van der Waals surface area contributed by atoms with Crippen LogP contribution >= 0.6 is 0 Å². The van der Waals surface area contributed by atoms with Crippen molar-refractivity contribution in [3.63, 3.8) is 0 Å². The van der Waals surface area contributed by atoms with Gasteiger partial charge >= 0.3 is 0 Å². The highest BCUT2D eigenvalue weighted by Crippen LogP contribution is 2.23. The molecule has 0 amide bonds. The molecule has 1 saturated heterocycles. The van der Waals surface area contributed by atoms with Gasteiger partial charge in [0.05, 0.1) is 5.75 Å². The second-order valence-corrected chi connectivity index (χ2v) is 6.78. The smallest absolute Gasteiger partial charge is 0.215 e. The van der Waals surface area contributed by atoms with Crippen molar-refractivity contribution in [1.82, 2.24) is 9.62 Å². The van der Waals surface area contributed by atoms with Crippen LogP contribution in [-0.2, 0) is 10.0 Å². The molecule has 0 aliphatic carbocycles. The molecule has 1 fully saturated rings. The normalized spacial score (nSPS) is 23.1. The summed E-state index contributed by atoms with van der Waals surface area (Å²) < 4.78 is 25.8. The summed E-state index contributed by atoms with van der Waals surface area (Å²) >= 11 is 0. The molecule has 0 radical (unpaired) electrons. The molecular weight excluding hydrogens is 224 g/mol. The standard InChI is InChI=1S/C11H24N2O2S/c1-4-11-6-5-8-13(11)16(14,15)9-7-12-10(2)3/h10-12H,4-9H2,1-3H3. The Kier molecular flexibility index (Phi) is 5.21. The Balaban J connectivity index is 2.49. The molecule has 0 bridgehead atoms. The Labute approximate surface area is 99.5 Å². The van der Waals surface area contributed by atoms with E-state index in [1.165, 1.54) is 0 Å². The number of nitrogens with zero attached hydrogens (tertiary/aromatic N) is 1. The van der Waals surface area contributed by atoms with E-state index in [0.29, 0.717) is 19.1 Å². The van der Waals surface area contributed by atoms with Crippen LogP contribution in [0.15, 0.2) is 0 Å². The van der Waals surface area contributed by atoms with Gasteiger partial charge < -0.3 is 5.32 Å². The average Bonchev–Trinajstić information content (AvgIpc) is 2.64. The summed E-state index contributed by atoms with van der Waals surface area (Å²) in [5.41, 5.74) is 0. The molecule has 96 valence electrons. The van der Waals surface area contributed by atoms with Crippen LogP contribution in [0.3, 0.4) is 0 Å². The SMILES string of the molecule is CCC1CCCN1S(=O)(=O)CCNC(C)C. The molecule has 5 heteroatoms. The first kappa shape index (κ1) is 13.9. The third-order valence-electron chi connectivity index (χ3n) is 3.06. The van der Waals surface area contributed by atoms with Crippen LogP contribution in [0.2, 0.25) is 0 Å². The molecule has 1 heterocycles. The van der Waals surface area contributed by atoms with Crippen LogP contribution in [-0.4, -0.2) is 43.6 Å². The predicted molar refractivity (Wildman–Crippen MR) is 66.9 cm³/mol. The van der Waals surface area contributed by atoms with Crippen molar-refractivity contribution in [2.24, 2.45) is 0 Å². The number of hydrogen-bond acceptors (Lipinski definition) is 3. The summed E-state index contributed by atoms with van der Waals surface area (Å²) in [7, 11) is -3.05. The fraction of sp³-hybridized carbons (Fsp3) is 1.00. The van der Waals surface area contributed by atoms with Crippen molar-refractivity contribution < 1.29 is 8.42 Å². The molecule has 1 atom stereocenters. The minimum atomic E-state index is -3.05. The van der Waals surface area contributed by atoms with Gasteiger partial charge in [-0.05, 0) is 19.3 Å².